The number of carbonyl (C=O) groups excluding carboxylic acids is 2. The molecule has 0 bridgehead atoms. The number of rotatable bonds is 5. The number of benzene rings is 1. The quantitative estimate of drug-likeness (QED) is 0.807. The smallest absolute Gasteiger partial charge is 0.318 e. The fraction of sp³-hybridized carbons (Fsp3) is 0.375. The Morgan fingerprint density at radius 2 is 1.96 bits per heavy atom. The normalized spacial score (nSPS) is 12.2. The maximum absolute atomic E-state index is 12.2. The zero-order chi connectivity index (χ0) is 17.9. The summed E-state index contributed by atoms with van der Waals surface area (Å²) in [7, 11) is 0. The molecule has 0 fully saturated rings. The molecule has 0 aliphatic heterocycles. The topological polar surface area (TPSA) is 103 Å². The number of amides is 3. The Balaban J connectivity index is 2.35. The fourth-order valence-electron chi connectivity index (χ4n) is 2.28. The SMILES string of the molecule is Cc1cccc(-n2c(C)nnc2S[C@H](C(=O)NC(N)=O)C(C)C)c1. The molecule has 2 rings (SSSR count). The number of aromatic nitrogens is 3. The molecule has 1 heterocycles. The Morgan fingerprint density at radius 1 is 1.25 bits per heavy atom. The Morgan fingerprint density at radius 3 is 2.54 bits per heavy atom. The van der Waals surface area contributed by atoms with E-state index in [0.29, 0.717) is 5.16 Å². The van der Waals surface area contributed by atoms with E-state index in [1.807, 2.05) is 56.5 Å². The molecule has 8 heteroatoms. The van der Waals surface area contributed by atoms with Crippen molar-refractivity contribution in [1.82, 2.24) is 20.1 Å². The maximum atomic E-state index is 12.2. The summed E-state index contributed by atoms with van der Waals surface area (Å²) in [6, 6.07) is 7.09. The number of nitrogens with two attached hydrogens (primary N) is 1. The summed E-state index contributed by atoms with van der Waals surface area (Å²) in [6.45, 7) is 7.66. The number of hydrogen-bond donors (Lipinski definition) is 2. The van der Waals surface area contributed by atoms with E-state index in [2.05, 4.69) is 15.5 Å². The van der Waals surface area contributed by atoms with Gasteiger partial charge in [-0.05, 0) is 37.5 Å². The van der Waals surface area contributed by atoms with Gasteiger partial charge in [0.1, 0.15) is 5.82 Å². The number of urea groups is 1. The second kappa shape index (κ2) is 7.48. The maximum Gasteiger partial charge on any atom is 0.318 e. The number of aryl methyl sites for hydroxylation is 2. The van der Waals surface area contributed by atoms with Gasteiger partial charge in [-0.15, -0.1) is 10.2 Å². The third-order valence-corrected chi connectivity index (χ3v) is 4.89. The number of hydrogen-bond acceptors (Lipinski definition) is 5. The monoisotopic (exact) mass is 347 g/mol. The number of carbonyl (C=O) groups is 2. The Labute approximate surface area is 145 Å². The van der Waals surface area contributed by atoms with Crippen molar-refractivity contribution in [2.75, 3.05) is 0 Å². The standard InChI is InChI=1S/C16H21N5O2S/c1-9(2)13(14(22)18-15(17)23)24-16-20-19-11(4)21(16)12-7-5-6-10(3)8-12/h5-9,13H,1-4H3,(H3,17,18,22,23)/t13-/m0/s1. The van der Waals surface area contributed by atoms with Crippen LogP contribution in [0, 0.1) is 19.8 Å². The molecule has 128 valence electrons. The van der Waals surface area contributed by atoms with Gasteiger partial charge < -0.3 is 5.73 Å². The highest BCUT2D eigenvalue weighted by atomic mass is 32.2. The fourth-order valence-corrected chi connectivity index (χ4v) is 3.38. The highest BCUT2D eigenvalue weighted by molar-refractivity contribution is 8.00. The van der Waals surface area contributed by atoms with Crippen LogP contribution in [0.2, 0.25) is 0 Å². The van der Waals surface area contributed by atoms with Gasteiger partial charge in [-0.1, -0.05) is 37.7 Å². The first-order chi connectivity index (χ1) is 11.3. The molecule has 7 nitrogen and oxygen atoms in total. The first-order valence-corrected chi connectivity index (χ1v) is 8.43. The Hall–Kier alpha value is -2.35. The number of thioether (sulfide) groups is 1. The highest BCUT2D eigenvalue weighted by Crippen LogP contribution is 2.29. The number of primary amides is 1. The molecular weight excluding hydrogens is 326 g/mol. The van der Waals surface area contributed by atoms with E-state index < -0.39 is 17.2 Å². The third kappa shape index (κ3) is 4.14. The second-order valence-electron chi connectivity index (χ2n) is 5.84. The summed E-state index contributed by atoms with van der Waals surface area (Å²) in [4.78, 5) is 23.2. The molecule has 1 atom stereocenters. The van der Waals surface area contributed by atoms with Gasteiger partial charge in [0.2, 0.25) is 5.91 Å². The van der Waals surface area contributed by atoms with E-state index in [1.165, 1.54) is 11.8 Å². The molecule has 0 radical (unpaired) electrons. The largest absolute Gasteiger partial charge is 0.351 e. The average molecular weight is 347 g/mol. The van der Waals surface area contributed by atoms with Gasteiger partial charge in [0.15, 0.2) is 5.16 Å². The van der Waals surface area contributed by atoms with Gasteiger partial charge in [0.25, 0.3) is 0 Å². The van der Waals surface area contributed by atoms with Crippen LogP contribution < -0.4 is 11.1 Å². The lowest BCUT2D eigenvalue weighted by Gasteiger charge is -2.19. The highest BCUT2D eigenvalue weighted by Gasteiger charge is 2.27. The van der Waals surface area contributed by atoms with Crippen LogP contribution in [0.4, 0.5) is 4.79 Å². The summed E-state index contributed by atoms with van der Waals surface area (Å²) in [6.07, 6.45) is 0. The van der Waals surface area contributed by atoms with E-state index in [9.17, 15) is 9.59 Å². The molecule has 0 saturated heterocycles. The molecular formula is C16H21N5O2S. The van der Waals surface area contributed by atoms with Crippen LogP contribution in [0.15, 0.2) is 29.4 Å². The molecule has 1 aromatic carbocycles. The zero-order valence-corrected chi connectivity index (χ0v) is 14.9. The Kier molecular flexibility index (Phi) is 5.61. The van der Waals surface area contributed by atoms with Crippen LogP contribution in [0.3, 0.4) is 0 Å². The van der Waals surface area contributed by atoms with Crippen LogP contribution >= 0.6 is 11.8 Å². The lowest BCUT2D eigenvalue weighted by Crippen LogP contribution is -2.42. The minimum atomic E-state index is -0.859. The summed E-state index contributed by atoms with van der Waals surface area (Å²) < 4.78 is 1.89. The molecule has 2 aromatic rings. The predicted molar refractivity (Wildman–Crippen MR) is 93.0 cm³/mol. The lowest BCUT2D eigenvalue weighted by atomic mass is 10.1. The van der Waals surface area contributed by atoms with Gasteiger partial charge in [0, 0.05) is 5.69 Å². The van der Waals surface area contributed by atoms with Crippen molar-refractivity contribution < 1.29 is 9.59 Å². The van der Waals surface area contributed by atoms with Crippen LogP contribution in [0.25, 0.3) is 5.69 Å². The van der Waals surface area contributed by atoms with E-state index >= 15 is 0 Å². The molecule has 3 amide bonds. The van der Waals surface area contributed by atoms with Crippen molar-refractivity contribution in [2.24, 2.45) is 11.7 Å². The van der Waals surface area contributed by atoms with E-state index in [-0.39, 0.29) is 5.92 Å². The van der Waals surface area contributed by atoms with Gasteiger partial charge in [-0.2, -0.15) is 0 Å². The summed E-state index contributed by atoms with van der Waals surface area (Å²) in [5, 5.41) is 10.5. The number of nitrogens with one attached hydrogen (secondary N) is 1. The molecule has 0 spiro atoms. The van der Waals surface area contributed by atoms with E-state index in [0.717, 1.165) is 17.1 Å². The van der Waals surface area contributed by atoms with Crippen LogP contribution in [-0.4, -0.2) is 32.0 Å². The lowest BCUT2D eigenvalue weighted by molar-refractivity contribution is -0.120. The first-order valence-electron chi connectivity index (χ1n) is 7.55. The van der Waals surface area contributed by atoms with E-state index in [4.69, 9.17) is 5.73 Å². The predicted octanol–water partition coefficient (Wildman–Crippen LogP) is 2.20. The zero-order valence-electron chi connectivity index (χ0n) is 14.1. The minimum absolute atomic E-state index is 0.0164. The number of imide groups is 1. The number of nitrogens with zero attached hydrogens (tertiary/aromatic N) is 3. The van der Waals surface area contributed by atoms with E-state index in [1.54, 1.807) is 0 Å². The van der Waals surface area contributed by atoms with Gasteiger partial charge >= 0.3 is 6.03 Å². The molecule has 24 heavy (non-hydrogen) atoms. The molecule has 3 N–H and O–H groups in total. The summed E-state index contributed by atoms with van der Waals surface area (Å²) in [5.41, 5.74) is 7.10. The Bertz CT molecular complexity index is 757. The van der Waals surface area contributed by atoms with Crippen molar-refractivity contribution in [3.63, 3.8) is 0 Å². The molecule has 0 aliphatic rings. The van der Waals surface area contributed by atoms with Crippen molar-refractivity contribution in [1.29, 1.82) is 0 Å². The average Bonchev–Trinajstić information content (AvgIpc) is 2.84. The summed E-state index contributed by atoms with van der Waals surface area (Å²) >= 11 is 1.26. The van der Waals surface area contributed by atoms with Crippen LogP contribution in [0.1, 0.15) is 25.2 Å². The third-order valence-electron chi connectivity index (χ3n) is 3.40. The second-order valence-corrected chi connectivity index (χ2v) is 6.95. The van der Waals surface area contributed by atoms with Crippen molar-refractivity contribution >= 4 is 23.7 Å². The molecule has 0 saturated carbocycles. The molecule has 1 aromatic heterocycles. The van der Waals surface area contributed by atoms with Crippen LogP contribution in [0.5, 0.6) is 0 Å². The van der Waals surface area contributed by atoms with Crippen molar-refractivity contribution in [3.8, 4) is 5.69 Å². The van der Waals surface area contributed by atoms with Crippen molar-refractivity contribution in [2.45, 2.75) is 38.1 Å². The van der Waals surface area contributed by atoms with Gasteiger partial charge in [-0.25, -0.2) is 4.79 Å². The first kappa shape index (κ1) is 18.0. The van der Waals surface area contributed by atoms with Gasteiger partial charge in [0.05, 0.1) is 5.25 Å². The molecule has 0 aliphatic carbocycles. The summed E-state index contributed by atoms with van der Waals surface area (Å²) in [5.74, 6) is 0.275. The van der Waals surface area contributed by atoms with Gasteiger partial charge in [-0.3, -0.25) is 14.7 Å². The minimum Gasteiger partial charge on any atom is -0.351 e. The van der Waals surface area contributed by atoms with Crippen LogP contribution in [-0.2, 0) is 4.79 Å². The van der Waals surface area contributed by atoms with Crippen molar-refractivity contribution in [3.05, 3.63) is 35.7 Å². The molecule has 0 unspecified atom stereocenters.